The highest BCUT2D eigenvalue weighted by Crippen LogP contribution is 2.31. The van der Waals surface area contributed by atoms with Gasteiger partial charge in [0.05, 0.1) is 11.9 Å². The van der Waals surface area contributed by atoms with Crippen molar-refractivity contribution in [2.75, 3.05) is 32.9 Å². The fraction of sp³-hybridized carbons (Fsp3) is 0.462. The zero-order valence-corrected chi connectivity index (χ0v) is 12.5. The Morgan fingerprint density at radius 3 is 2.95 bits per heavy atom. The van der Waals surface area contributed by atoms with Crippen molar-refractivity contribution < 1.29 is 4.79 Å². The quantitative estimate of drug-likeness (QED) is 0.785. The molecule has 3 N–H and O–H groups in total. The van der Waals surface area contributed by atoms with Crippen LogP contribution < -0.4 is 11.1 Å². The second kappa shape index (κ2) is 6.62. The van der Waals surface area contributed by atoms with E-state index in [1.165, 1.54) is 11.3 Å². The van der Waals surface area contributed by atoms with Gasteiger partial charge in [0.25, 0.3) is 5.91 Å². The normalized spacial score (nSPS) is 11.2. The van der Waals surface area contributed by atoms with Gasteiger partial charge in [0, 0.05) is 11.9 Å². The average molecular weight is 293 g/mol. The number of nitrogens with one attached hydrogen (secondary N) is 1. The van der Waals surface area contributed by atoms with E-state index in [0.29, 0.717) is 21.9 Å². The number of unbranched alkanes of at least 4 members (excludes halogenated alkanes) is 1. The lowest BCUT2D eigenvalue weighted by molar-refractivity contribution is 0.0957. The maximum absolute atomic E-state index is 12.1. The van der Waals surface area contributed by atoms with E-state index in [1.807, 2.05) is 14.1 Å². The van der Waals surface area contributed by atoms with Crippen LogP contribution in [0, 0.1) is 0 Å². The summed E-state index contributed by atoms with van der Waals surface area (Å²) in [6, 6.07) is 1.78. The van der Waals surface area contributed by atoms with Crippen LogP contribution >= 0.6 is 11.3 Å². The molecule has 0 unspecified atom stereocenters. The number of amides is 1. The number of hydrogen-bond acceptors (Lipinski definition) is 6. The molecule has 0 bridgehead atoms. The Bertz CT molecular complexity index is 595. The van der Waals surface area contributed by atoms with Gasteiger partial charge in [0.1, 0.15) is 9.71 Å². The van der Waals surface area contributed by atoms with Crippen molar-refractivity contribution in [1.82, 2.24) is 20.4 Å². The molecule has 108 valence electrons. The van der Waals surface area contributed by atoms with Gasteiger partial charge in [0.15, 0.2) is 0 Å². The predicted octanol–water partition coefficient (Wildman–Crippen LogP) is 1.35. The molecule has 6 nitrogen and oxygen atoms in total. The Morgan fingerprint density at radius 2 is 2.25 bits per heavy atom. The number of thiophene rings is 1. The molecule has 0 aliphatic carbocycles. The van der Waals surface area contributed by atoms with E-state index < -0.39 is 0 Å². The van der Waals surface area contributed by atoms with Crippen molar-refractivity contribution in [1.29, 1.82) is 0 Å². The van der Waals surface area contributed by atoms with Gasteiger partial charge in [-0.2, -0.15) is 5.10 Å². The average Bonchev–Trinajstić information content (AvgIpc) is 2.76. The molecule has 0 aliphatic rings. The van der Waals surface area contributed by atoms with E-state index in [9.17, 15) is 4.79 Å². The van der Waals surface area contributed by atoms with E-state index in [1.54, 1.807) is 12.3 Å². The van der Waals surface area contributed by atoms with Gasteiger partial charge >= 0.3 is 0 Å². The molecule has 0 saturated carbocycles. The Balaban J connectivity index is 1.93. The van der Waals surface area contributed by atoms with Crippen LogP contribution in [0.1, 0.15) is 22.5 Å². The molecule has 0 radical (unpaired) electrons. The first-order chi connectivity index (χ1) is 9.59. The first-order valence-corrected chi connectivity index (χ1v) is 7.34. The SMILES string of the molecule is CN(C)CCCCNC(=O)c1sc2nnccc2c1N. The van der Waals surface area contributed by atoms with Gasteiger partial charge in [-0.3, -0.25) is 4.79 Å². The van der Waals surface area contributed by atoms with E-state index in [4.69, 9.17) is 5.73 Å². The van der Waals surface area contributed by atoms with Crippen LogP contribution in [-0.4, -0.2) is 48.2 Å². The van der Waals surface area contributed by atoms with Gasteiger partial charge in [-0.25, -0.2) is 0 Å². The highest BCUT2D eigenvalue weighted by atomic mass is 32.1. The van der Waals surface area contributed by atoms with Crippen LogP contribution in [0.15, 0.2) is 12.3 Å². The lowest BCUT2D eigenvalue weighted by Gasteiger charge is -2.09. The van der Waals surface area contributed by atoms with Crippen LogP contribution in [0.5, 0.6) is 0 Å². The number of carbonyl (C=O) groups excluding carboxylic acids is 1. The number of aromatic nitrogens is 2. The van der Waals surface area contributed by atoms with Crippen molar-refractivity contribution in [3.8, 4) is 0 Å². The summed E-state index contributed by atoms with van der Waals surface area (Å²) in [4.78, 5) is 15.4. The third-order valence-electron chi connectivity index (χ3n) is 2.94. The summed E-state index contributed by atoms with van der Waals surface area (Å²) < 4.78 is 0. The molecule has 0 spiro atoms. The highest BCUT2D eigenvalue weighted by molar-refractivity contribution is 7.21. The van der Waals surface area contributed by atoms with Crippen LogP contribution in [0.3, 0.4) is 0 Å². The third kappa shape index (κ3) is 3.43. The van der Waals surface area contributed by atoms with E-state index >= 15 is 0 Å². The molecular formula is C13H19N5OS. The Kier molecular flexibility index (Phi) is 4.86. The van der Waals surface area contributed by atoms with Crippen LogP contribution in [0.2, 0.25) is 0 Å². The van der Waals surface area contributed by atoms with Crippen molar-refractivity contribution in [2.45, 2.75) is 12.8 Å². The van der Waals surface area contributed by atoms with Crippen molar-refractivity contribution in [2.24, 2.45) is 0 Å². The second-order valence-electron chi connectivity index (χ2n) is 4.86. The molecule has 0 atom stereocenters. The smallest absolute Gasteiger partial charge is 0.263 e. The summed E-state index contributed by atoms with van der Waals surface area (Å²) in [6.45, 7) is 1.68. The summed E-state index contributed by atoms with van der Waals surface area (Å²) in [5, 5.41) is 11.5. The van der Waals surface area contributed by atoms with Crippen LogP contribution in [-0.2, 0) is 0 Å². The summed E-state index contributed by atoms with van der Waals surface area (Å²) in [5.41, 5.74) is 6.48. The minimum absolute atomic E-state index is 0.129. The molecule has 2 rings (SSSR count). The maximum Gasteiger partial charge on any atom is 0.263 e. The van der Waals surface area contributed by atoms with Crippen LogP contribution in [0.4, 0.5) is 5.69 Å². The third-order valence-corrected chi connectivity index (χ3v) is 4.05. The van der Waals surface area contributed by atoms with Gasteiger partial charge in [-0.1, -0.05) is 0 Å². The zero-order valence-electron chi connectivity index (χ0n) is 11.7. The highest BCUT2D eigenvalue weighted by Gasteiger charge is 2.16. The molecule has 1 amide bonds. The summed E-state index contributed by atoms with van der Waals surface area (Å²) in [7, 11) is 4.08. The van der Waals surface area contributed by atoms with E-state index in [0.717, 1.165) is 24.8 Å². The Hall–Kier alpha value is -1.73. The Morgan fingerprint density at radius 1 is 1.45 bits per heavy atom. The molecule has 7 heteroatoms. The fourth-order valence-electron chi connectivity index (χ4n) is 1.88. The molecule has 0 fully saturated rings. The standard InChI is InChI=1S/C13H19N5OS/c1-18(2)8-4-3-6-15-12(19)11-10(14)9-5-7-16-17-13(9)20-11/h5,7H,3-4,6,8,14H2,1-2H3,(H,15,19). The lowest BCUT2D eigenvalue weighted by atomic mass is 10.2. The molecule has 2 aromatic heterocycles. The first kappa shape index (κ1) is 14.7. The fourth-order valence-corrected chi connectivity index (χ4v) is 2.83. The van der Waals surface area contributed by atoms with E-state index in [-0.39, 0.29) is 5.91 Å². The largest absolute Gasteiger partial charge is 0.397 e. The van der Waals surface area contributed by atoms with Gasteiger partial charge in [0.2, 0.25) is 0 Å². The van der Waals surface area contributed by atoms with Gasteiger partial charge in [-0.15, -0.1) is 16.4 Å². The van der Waals surface area contributed by atoms with Crippen molar-refractivity contribution >= 4 is 33.1 Å². The summed E-state index contributed by atoms with van der Waals surface area (Å²) >= 11 is 1.28. The lowest BCUT2D eigenvalue weighted by Crippen LogP contribution is -2.25. The van der Waals surface area contributed by atoms with E-state index in [2.05, 4.69) is 20.4 Å². The maximum atomic E-state index is 12.1. The van der Waals surface area contributed by atoms with Gasteiger partial charge < -0.3 is 16.0 Å². The topological polar surface area (TPSA) is 84.1 Å². The minimum Gasteiger partial charge on any atom is -0.397 e. The molecule has 0 aliphatic heterocycles. The molecule has 0 saturated heterocycles. The number of fused-ring (bicyclic) bond motifs is 1. The Labute approximate surface area is 122 Å². The molecular weight excluding hydrogens is 274 g/mol. The molecule has 20 heavy (non-hydrogen) atoms. The second-order valence-corrected chi connectivity index (χ2v) is 5.86. The number of hydrogen-bond donors (Lipinski definition) is 2. The number of nitrogen functional groups attached to an aromatic ring is 1. The zero-order chi connectivity index (χ0) is 14.5. The van der Waals surface area contributed by atoms with Crippen molar-refractivity contribution in [3.63, 3.8) is 0 Å². The summed E-state index contributed by atoms with van der Waals surface area (Å²) in [6.07, 6.45) is 3.59. The van der Waals surface area contributed by atoms with Crippen LogP contribution in [0.25, 0.3) is 10.2 Å². The number of nitrogens with zero attached hydrogens (tertiary/aromatic N) is 3. The number of anilines is 1. The summed E-state index contributed by atoms with van der Waals surface area (Å²) in [5.74, 6) is -0.129. The molecule has 2 aromatic rings. The van der Waals surface area contributed by atoms with Crippen molar-refractivity contribution in [3.05, 3.63) is 17.1 Å². The number of nitrogens with two attached hydrogens (primary N) is 1. The predicted molar refractivity (Wildman–Crippen MR) is 81.9 cm³/mol. The first-order valence-electron chi connectivity index (χ1n) is 6.52. The molecule has 2 heterocycles. The number of carbonyl (C=O) groups is 1. The van der Waals surface area contributed by atoms with Gasteiger partial charge in [-0.05, 0) is 39.5 Å². The minimum atomic E-state index is -0.129. The number of rotatable bonds is 6. The monoisotopic (exact) mass is 293 g/mol. The molecule has 0 aromatic carbocycles.